The Labute approximate surface area is 280 Å². The number of rotatable bonds is 13. The molecular formula is C40H38O8. The highest BCUT2D eigenvalue weighted by Crippen LogP contribution is 2.43. The monoisotopic (exact) mass is 646 g/mol. The number of benzene rings is 4. The molecule has 0 spiro atoms. The number of hydrogen-bond donors (Lipinski definition) is 0. The molecule has 246 valence electrons. The van der Waals surface area contributed by atoms with Gasteiger partial charge in [0.25, 0.3) is 0 Å². The highest BCUT2D eigenvalue weighted by molar-refractivity contribution is 6.35. The molecule has 2 aliphatic rings. The molecule has 1 saturated heterocycles. The molecule has 4 aromatic carbocycles. The minimum atomic E-state index is -0.609. The normalized spacial score (nSPS) is 20.6. The Bertz CT molecular complexity index is 1770. The van der Waals surface area contributed by atoms with Crippen LogP contribution in [0.5, 0.6) is 5.75 Å². The van der Waals surface area contributed by atoms with Crippen LogP contribution in [0.3, 0.4) is 0 Å². The second-order valence-electron chi connectivity index (χ2n) is 11.9. The van der Waals surface area contributed by atoms with Gasteiger partial charge in [-0.1, -0.05) is 97.1 Å². The quantitative estimate of drug-likeness (QED) is 0.146. The molecule has 0 radical (unpaired) electrons. The van der Waals surface area contributed by atoms with Gasteiger partial charge in [0, 0.05) is 23.6 Å². The van der Waals surface area contributed by atoms with E-state index in [-0.39, 0.29) is 29.1 Å². The average molecular weight is 647 g/mol. The van der Waals surface area contributed by atoms with Crippen LogP contribution in [-0.2, 0) is 43.6 Å². The molecule has 4 atom stereocenters. The van der Waals surface area contributed by atoms with E-state index in [0.29, 0.717) is 31.8 Å². The van der Waals surface area contributed by atoms with E-state index in [1.165, 1.54) is 14.0 Å². The van der Waals surface area contributed by atoms with Crippen LogP contribution in [0.15, 0.2) is 115 Å². The minimum Gasteiger partial charge on any atom is -0.496 e. The van der Waals surface area contributed by atoms with E-state index < -0.39 is 41.8 Å². The van der Waals surface area contributed by atoms with E-state index >= 15 is 0 Å². The molecule has 8 nitrogen and oxygen atoms in total. The SMILES string of the molecule is COc1c([C@H]2C[C@@H](OCc3ccccc3)[C@H](OCc3ccccc3)[C@@H](COCc3ccccc3)O2)ccc2c1C(=O)C(C(C)=O)=CC2=O. The second-order valence-corrected chi connectivity index (χ2v) is 11.9. The lowest BCUT2D eigenvalue weighted by atomic mass is 9.84. The summed E-state index contributed by atoms with van der Waals surface area (Å²) in [5, 5.41) is 0. The average Bonchev–Trinajstić information content (AvgIpc) is 3.12. The largest absolute Gasteiger partial charge is 0.496 e. The number of methoxy groups -OCH3 is 1. The number of carbonyl (C=O) groups is 3. The predicted octanol–water partition coefficient (Wildman–Crippen LogP) is 6.81. The van der Waals surface area contributed by atoms with E-state index in [1.54, 1.807) is 12.1 Å². The first-order valence-corrected chi connectivity index (χ1v) is 16.0. The zero-order valence-corrected chi connectivity index (χ0v) is 27.0. The molecule has 1 heterocycles. The molecular weight excluding hydrogens is 608 g/mol. The first kappa shape index (κ1) is 33.2. The standard InChI is InChI=1S/C40H38O8/c1-26(41)32-20-33(42)30-18-19-31(39(44-2)37(30)38(32)43)34-21-35(46-23-28-14-8-4-9-15-28)40(47-24-29-16-10-5-11-17-29)36(48-34)25-45-22-27-12-6-3-7-13-27/h3-20,34-36,40H,21-25H2,1-2H3/t34-,35-,36-,40+/m1/s1. The van der Waals surface area contributed by atoms with Crippen molar-refractivity contribution in [1.82, 2.24) is 0 Å². The number of ether oxygens (including phenoxy) is 5. The maximum atomic E-state index is 13.5. The third kappa shape index (κ3) is 7.53. The zero-order chi connectivity index (χ0) is 33.5. The van der Waals surface area contributed by atoms with Gasteiger partial charge in [0.1, 0.15) is 18.0 Å². The third-order valence-electron chi connectivity index (χ3n) is 8.64. The molecule has 0 N–H and O–H groups in total. The van der Waals surface area contributed by atoms with Gasteiger partial charge in [-0.15, -0.1) is 0 Å². The van der Waals surface area contributed by atoms with E-state index in [9.17, 15) is 14.4 Å². The van der Waals surface area contributed by atoms with Crippen LogP contribution >= 0.6 is 0 Å². The smallest absolute Gasteiger partial charge is 0.201 e. The fraction of sp³-hybridized carbons (Fsp3) is 0.275. The lowest BCUT2D eigenvalue weighted by Crippen LogP contribution is -2.50. The molecule has 0 saturated carbocycles. The lowest BCUT2D eigenvalue weighted by molar-refractivity contribution is -0.222. The molecule has 48 heavy (non-hydrogen) atoms. The summed E-state index contributed by atoms with van der Waals surface area (Å²) in [7, 11) is 1.45. The molecule has 0 bridgehead atoms. The topological polar surface area (TPSA) is 97.4 Å². The Morgan fingerprint density at radius 3 is 1.94 bits per heavy atom. The van der Waals surface area contributed by atoms with Crippen molar-refractivity contribution in [1.29, 1.82) is 0 Å². The second kappa shape index (κ2) is 15.4. The summed E-state index contributed by atoms with van der Waals surface area (Å²) >= 11 is 0. The Morgan fingerprint density at radius 2 is 1.35 bits per heavy atom. The summed E-state index contributed by atoms with van der Waals surface area (Å²) in [6.07, 6.45) is -0.645. The van der Waals surface area contributed by atoms with E-state index in [1.807, 2.05) is 91.0 Å². The summed E-state index contributed by atoms with van der Waals surface area (Å²) in [4.78, 5) is 38.8. The molecule has 0 aromatic heterocycles. The molecule has 8 heteroatoms. The number of Topliss-reactive ketones (excluding diaryl/α,β-unsaturated/α-hetero) is 2. The van der Waals surface area contributed by atoms with Crippen LogP contribution in [0.1, 0.15) is 62.4 Å². The number of ketones is 3. The van der Waals surface area contributed by atoms with Gasteiger partial charge < -0.3 is 23.7 Å². The maximum absolute atomic E-state index is 13.5. The van der Waals surface area contributed by atoms with Crippen LogP contribution in [0.25, 0.3) is 0 Å². The fourth-order valence-electron chi connectivity index (χ4n) is 6.23. The summed E-state index contributed by atoms with van der Waals surface area (Å²) in [6, 6.07) is 33.1. The van der Waals surface area contributed by atoms with Gasteiger partial charge in [0.05, 0.1) is 56.9 Å². The molecule has 0 unspecified atom stereocenters. The summed E-state index contributed by atoms with van der Waals surface area (Å²) < 4.78 is 32.0. The third-order valence-corrected chi connectivity index (χ3v) is 8.64. The predicted molar refractivity (Wildman–Crippen MR) is 179 cm³/mol. The number of fused-ring (bicyclic) bond motifs is 1. The highest BCUT2D eigenvalue weighted by Gasteiger charge is 2.43. The molecule has 1 aliphatic heterocycles. The van der Waals surface area contributed by atoms with Gasteiger partial charge in [-0.2, -0.15) is 0 Å². The van der Waals surface area contributed by atoms with Gasteiger partial charge in [0.15, 0.2) is 11.6 Å². The Morgan fingerprint density at radius 1 is 0.771 bits per heavy atom. The number of allylic oxidation sites excluding steroid dienone is 2. The van der Waals surface area contributed by atoms with E-state index in [4.69, 9.17) is 23.7 Å². The molecule has 1 aliphatic carbocycles. The van der Waals surface area contributed by atoms with Crippen molar-refractivity contribution in [3.8, 4) is 5.75 Å². The van der Waals surface area contributed by atoms with Crippen LogP contribution in [-0.4, -0.2) is 49.4 Å². The van der Waals surface area contributed by atoms with E-state index in [0.717, 1.165) is 22.8 Å². The van der Waals surface area contributed by atoms with Crippen LogP contribution in [0.2, 0.25) is 0 Å². The fourth-order valence-corrected chi connectivity index (χ4v) is 6.23. The van der Waals surface area contributed by atoms with Crippen molar-refractivity contribution < 1.29 is 38.1 Å². The van der Waals surface area contributed by atoms with Crippen LogP contribution < -0.4 is 4.74 Å². The lowest BCUT2D eigenvalue weighted by Gasteiger charge is -2.42. The van der Waals surface area contributed by atoms with Crippen LogP contribution in [0.4, 0.5) is 0 Å². The van der Waals surface area contributed by atoms with Crippen molar-refractivity contribution in [3.63, 3.8) is 0 Å². The minimum absolute atomic E-state index is 0.0670. The molecule has 1 fully saturated rings. The Kier molecular flexibility index (Phi) is 10.7. The van der Waals surface area contributed by atoms with Crippen molar-refractivity contribution >= 4 is 17.3 Å². The summed E-state index contributed by atoms with van der Waals surface area (Å²) in [6.45, 7) is 2.55. The Balaban J connectivity index is 1.34. The summed E-state index contributed by atoms with van der Waals surface area (Å²) in [5.74, 6) is -1.24. The highest BCUT2D eigenvalue weighted by atomic mass is 16.6. The van der Waals surface area contributed by atoms with Gasteiger partial charge in [-0.05, 0) is 29.7 Å². The number of hydrogen-bond acceptors (Lipinski definition) is 8. The Hall–Kier alpha value is -4.73. The zero-order valence-electron chi connectivity index (χ0n) is 27.0. The van der Waals surface area contributed by atoms with Gasteiger partial charge in [0.2, 0.25) is 5.78 Å². The summed E-state index contributed by atoms with van der Waals surface area (Å²) in [5.41, 5.74) is 3.71. The van der Waals surface area contributed by atoms with Crippen molar-refractivity contribution in [2.45, 2.75) is 57.6 Å². The maximum Gasteiger partial charge on any atom is 0.201 e. The van der Waals surface area contributed by atoms with Gasteiger partial charge in [-0.3, -0.25) is 14.4 Å². The van der Waals surface area contributed by atoms with Crippen LogP contribution in [0, 0.1) is 0 Å². The first-order chi connectivity index (χ1) is 23.4. The molecule has 0 amide bonds. The van der Waals surface area contributed by atoms with Crippen molar-refractivity contribution in [3.05, 3.63) is 148 Å². The van der Waals surface area contributed by atoms with E-state index in [2.05, 4.69) is 0 Å². The van der Waals surface area contributed by atoms with Crippen molar-refractivity contribution in [2.75, 3.05) is 13.7 Å². The molecule has 6 rings (SSSR count). The van der Waals surface area contributed by atoms with Gasteiger partial charge >= 0.3 is 0 Å². The first-order valence-electron chi connectivity index (χ1n) is 16.0. The van der Waals surface area contributed by atoms with Crippen molar-refractivity contribution in [2.24, 2.45) is 0 Å². The van der Waals surface area contributed by atoms with Gasteiger partial charge in [-0.25, -0.2) is 0 Å². The molecule has 4 aromatic rings. The number of carbonyl (C=O) groups excluding carboxylic acids is 3.